The predicted octanol–water partition coefficient (Wildman–Crippen LogP) is 2.06. The summed E-state index contributed by atoms with van der Waals surface area (Å²) in [6, 6.07) is 4.00. The highest BCUT2D eigenvalue weighted by atomic mass is 35.5. The minimum Gasteiger partial charge on any atom is -0.350 e. The molecule has 1 fully saturated rings. The Kier molecular flexibility index (Phi) is 4.77. The third-order valence-electron chi connectivity index (χ3n) is 2.95. The Bertz CT molecular complexity index is 334. The van der Waals surface area contributed by atoms with Crippen LogP contribution in [0.3, 0.4) is 0 Å². The zero-order valence-corrected chi connectivity index (χ0v) is 10.7. The largest absolute Gasteiger partial charge is 0.350 e. The van der Waals surface area contributed by atoms with Gasteiger partial charge in [-0.25, -0.2) is 0 Å². The van der Waals surface area contributed by atoms with E-state index in [4.69, 9.17) is 5.73 Å². The quantitative estimate of drug-likeness (QED) is 0.874. The van der Waals surface area contributed by atoms with Crippen molar-refractivity contribution in [3.63, 3.8) is 0 Å². The zero-order valence-electron chi connectivity index (χ0n) is 9.07. The van der Waals surface area contributed by atoms with Crippen LogP contribution in [0.2, 0.25) is 0 Å². The molecule has 90 valence electrons. The standard InChI is InChI=1S/C11H16N2OS.ClH/c12-11(5-1-2-6-11)10(14)13-8-9-4-3-7-15-9;/h3-4,7H,1-2,5-6,8,12H2,(H,13,14);1H. The fraction of sp³-hybridized carbons (Fsp3) is 0.545. The van der Waals surface area contributed by atoms with E-state index in [1.807, 2.05) is 17.5 Å². The van der Waals surface area contributed by atoms with E-state index in [1.165, 1.54) is 4.88 Å². The summed E-state index contributed by atoms with van der Waals surface area (Å²) in [5.74, 6) is 0.00778. The summed E-state index contributed by atoms with van der Waals surface area (Å²) in [7, 11) is 0. The van der Waals surface area contributed by atoms with Crippen LogP contribution in [0.25, 0.3) is 0 Å². The zero-order chi connectivity index (χ0) is 10.7. The van der Waals surface area contributed by atoms with Crippen molar-refractivity contribution in [2.45, 2.75) is 37.8 Å². The third kappa shape index (κ3) is 2.97. The van der Waals surface area contributed by atoms with Crippen molar-refractivity contribution in [2.75, 3.05) is 0 Å². The van der Waals surface area contributed by atoms with Crippen molar-refractivity contribution >= 4 is 29.7 Å². The van der Waals surface area contributed by atoms with Crippen LogP contribution in [0, 0.1) is 0 Å². The number of carbonyl (C=O) groups is 1. The average Bonchev–Trinajstić information content (AvgIpc) is 2.85. The highest BCUT2D eigenvalue weighted by molar-refractivity contribution is 7.09. The van der Waals surface area contributed by atoms with Gasteiger partial charge in [0.1, 0.15) is 0 Å². The number of nitrogens with one attached hydrogen (secondary N) is 1. The molecule has 1 aliphatic carbocycles. The number of rotatable bonds is 3. The van der Waals surface area contributed by atoms with Gasteiger partial charge >= 0.3 is 0 Å². The third-order valence-corrected chi connectivity index (χ3v) is 3.83. The normalized spacial score (nSPS) is 17.8. The molecule has 5 heteroatoms. The first-order valence-electron chi connectivity index (χ1n) is 5.30. The van der Waals surface area contributed by atoms with Gasteiger partial charge in [-0.3, -0.25) is 4.79 Å². The first-order chi connectivity index (χ1) is 7.21. The molecule has 0 radical (unpaired) electrons. The van der Waals surface area contributed by atoms with Crippen molar-refractivity contribution < 1.29 is 4.79 Å². The molecular formula is C11H17ClN2OS. The molecule has 0 saturated heterocycles. The molecule has 3 N–H and O–H groups in total. The summed E-state index contributed by atoms with van der Waals surface area (Å²) in [4.78, 5) is 13.0. The predicted molar refractivity (Wildman–Crippen MR) is 68.8 cm³/mol. The monoisotopic (exact) mass is 260 g/mol. The molecule has 0 bridgehead atoms. The lowest BCUT2D eigenvalue weighted by atomic mass is 9.98. The topological polar surface area (TPSA) is 55.1 Å². The summed E-state index contributed by atoms with van der Waals surface area (Å²) in [5.41, 5.74) is 5.43. The van der Waals surface area contributed by atoms with Gasteiger partial charge in [0.15, 0.2) is 0 Å². The van der Waals surface area contributed by atoms with Gasteiger partial charge in [-0.05, 0) is 24.3 Å². The minimum absolute atomic E-state index is 0. The molecule has 16 heavy (non-hydrogen) atoms. The second-order valence-corrected chi connectivity index (χ2v) is 5.16. The lowest BCUT2D eigenvalue weighted by Crippen LogP contribution is -2.51. The summed E-state index contributed by atoms with van der Waals surface area (Å²) in [5, 5.41) is 4.92. The Balaban J connectivity index is 0.00000128. The van der Waals surface area contributed by atoms with Crippen molar-refractivity contribution in [2.24, 2.45) is 5.73 Å². The summed E-state index contributed by atoms with van der Waals surface area (Å²) >= 11 is 1.65. The van der Waals surface area contributed by atoms with Gasteiger partial charge in [0.05, 0.1) is 12.1 Å². The molecule has 1 amide bonds. The van der Waals surface area contributed by atoms with Crippen molar-refractivity contribution in [1.29, 1.82) is 0 Å². The van der Waals surface area contributed by atoms with Crippen LogP contribution in [0.15, 0.2) is 17.5 Å². The van der Waals surface area contributed by atoms with E-state index in [9.17, 15) is 4.79 Å². The van der Waals surface area contributed by atoms with Crippen LogP contribution in [0.4, 0.5) is 0 Å². The van der Waals surface area contributed by atoms with E-state index < -0.39 is 5.54 Å². The smallest absolute Gasteiger partial charge is 0.240 e. The van der Waals surface area contributed by atoms with Crippen LogP contribution >= 0.6 is 23.7 Å². The van der Waals surface area contributed by atoms with Gasteiger partial charge < -0.3 is 11.1 Å². The Morgan fingerprint density at radius 3 is 2.75 bits per heavy atom. The number of hydrogen-bond donors (Lipinski definition) is 2. The molecule has 0 spiro atoms. The van der Waals surface area contributed by atoms with Crippen LogP contribution in [-0.4, -0.2) is 11.4 Å². The van der Waals surface area contributed by atoms with Gasteiger partial charge in [-0.1, -0.05) is 18.9 Å². The number of amides is 1. The molecule has 1 saturated carbocycles. The first-order valence-corrected chi connectivity index (χ1v) is 6.18. The Hall–Kier alpha value is -0.580. The van der Waals surface area contributed by atoms with Gasteiger partial charge in [0.25, 0.3) is 0 Å². The summed E-state index contributed by atoms with van der Waals surface area (Å²) < 4.78 is 0. The SMILES string of the molecule is Cl.NC1(C(=O)NCc2cccs2)CCCC1. The number of hydrogen-bond acceptors (Lipinski definition) is 3. The van der Waals surface area contributed by atoms with E-state index >= 15 is 0 Å². The molecular weight excluding hydrogens is 244 g/mol. The van der Waals surface area contributed by atoms with Crippen LogP contribution in [0.1, 0.15) is 30.6 Å². The molecule has 0 aliphatic heterocycles. The second-order valence-electron chi connectivity index (χ2n) is 4.13. The van der Waals surface area contributed by atoms with Crippen molar-refractivity contribution in [3.8, 4) is 0 Å². The molecule has 1 aliphatic rings. The van der Waals surface area contributed by atoms with Crippen LogP contribution < -0.4 is 11.1 Å². The Morgan fingerprint density at radius 1 is 1.50 bits per heavy atom. The number of nitrogens with two attached hydrogens (primary N) is 1. The Morgan fingerprint density at radius 2 is 2.19 bits per heavy atom. The molecule has 1 aromatic heterocycles. The average molecular weight is 261 g/mol. The summed E-state index contributed by atoms with van der Waals surface area (Å²) in [6.45, 7) is 0.607. The number of halogens is 1. The molecule has 0 aromatic carbocycles. The molecule has 0 unspecified atom stereocenters. The Labute approximate surface area is 106 Å². The molecule has 1 heterocycles. The first kappa shape index (κ1) is 13.5. The fourth-order valence-corrected chi connectivity index (χ4v) is 2.63. The molecule has 0 atom stereocenters. The number of carbonyl (C=O) groups excluding carboxylic acids is 1. The van der Waals surface area contributed by atoms with Gasteiger partial charge in [0.2, 0.25) is 5.91 Å². The van der Waals surface area contributed by atoms with Crippen LogP contribution in [0.5, 0.6) is 0 Å². The highest BCUT2D eigenvalue weighted by Gasteiger charge is 2.36. The van der Waals surface area contributed by atoms with Crippen LogP contribution in [-0.2, 0) is 11.3 Å². The maximum Gasteiger partial charge on any atom is 0.240 e. The van der Waals surface area contributed by atoms with Gasteiger partial charge in [0, 0.05) is 4.88 Å². The van der Waals surface area contributed by atoms with E-state index in [0.29, 0.717) is 6.54 Å². The molecule has 3 nitrogen and oxygen atoms in total. The lowest BCUT2D eigenvalue weighted by Gasteiger charge is -2.21. The number of thiophene rings is 1. The van der Waals surface area contributed by atoms with E-state index in [2.05, 4.69) is 5.32 Å². The van der Waals surface area contributed by atoms with E-state index in [0.717, 1.165) is 25.7 Å². The summed E-state index contributed by atoms with van der Waals surface area (Å²) in [6.07, 6.45) is 3.79. The van der Waals surface area contributed by atoms with Gasteiger partial charge in [-0.2, -0.15) is 0 Å². The second kappa shape index (κ2) is 5.66. The highest BCUT2D eigenvalue weighted by Crippen LogP contribution is 2.27. The fourth-order valence-electron chi connectivity index (χ4n) is 1.99. The van der Waals surface area contributed by atoms with E-state index in [-0.39, 0.29) is 18.3 Å². The maximum absolute atomic E-state index is 11.8. The van der Waals surface area contributed by atoms with E-state index in [1.54, 1.807) is 11.3 Å². The lowest BCUT2D eigenvalue weighted by molar-refractivity contribution is -0.126. The molecule has 1 aromatic rings. The van der Waals surface area contributed by atoms with Crippen molar-refractivity contribution in [3.05, 3.63) is 22.4 Å². The minimum atomic E-state index is -0.600. The van der Waals surface area contributed by atoms with Gasteiger partial charge in [-0.15, -0.1) is 23.7 Å². The van der Waals surface area contributed by atoms with Crippen molar-refractivity contribution in [1.82, 2.24) is 5.32 Å². The molecule has 2 rings (SSSR count). The maximum atomic E-state index is 11.8.